The molecule has 2 aromatic carbocycles. The molecule has 4 heteroatoms. The van der Waals surface area contributed by atoms with Crippen LogP contribution in [-0.2, 0) is 22.5 Å². The lowest BCUT2D eigenvalue weighted by Crippen LogP contribution is -2.46. The van der Waals surface area contributed by atoms with Gasteiger partial charge in [-0.05, 0) is 49.7 Å². The fourth-order valence-corrected chi connectivity index (χ4v) is 4.16. The highest BCUT2D eigenvalue weighted by Crippen LogP contribution is 2.22. The number of aliphatic hydroxyl groups is 1. The van der Waals surface area contributed by atoms with Gasteiger partial charge in [-0.2, -0.15) is 0 Å². The van der Waals surface area contributed by atoms with Crippen LogP contribution in [0.4, 0.5) is 0 Å². The van der Waals surface area contributed by atoms with Gasteiger partial charge in [-0.25, -0.2) is 4.90 Å². The first kappa shape index (κ1) is 24.4. The monoisotopic (exact) mass is 435 g/mol. The van der Waals surface area contributed by atoms with E-state index in [9.17, 15) is 5.11 Å². The highest BCUT2D eigenvalue weighted by molar-refractivity contribution is 5.19. The molecule has 0 fully saturated rings. The molecule has 0 spiro atoms. The molecule has 2 unspecified atom stereocenters. The molecule has 2 atom stereocenters. The zero-order chi connectivity index (χ0) is 22.4. The van der Waals surface area contributed by atoms with Crippen molar-refractivity contribution in [1.82, 2.24) is 4.90 Å². The lowest BCUT2D eigenvalue weighted by molar-refractivity contribution is -0.211. The summed E-state index contributed by atoms with van der Waals surface area (Å²) in [5.41, 5.74) is 3.75. The zero-order valence-electron chi connectivity index (χ0n) is 19.2. The molecule has 0 aliphatic heterocycles. The Balaban J connectivity index is 1.67. The predicted molar refractivity (Wildman–Crippen MR) is 130 cm³/mol. The molecule has 172 valence electrons. The first-order chi connectivity index (χ1) is 15.8. The fraction of sp³-hybridized carbons (Fsp3) is 0.429. The van der Waals surface area contributed by atoms with E-state index in [-0.39, 0.29) is 6.04 Å². The SMILES string of the molecule is COCCC(CCCc1ccccc1)N(CC1=CC=CCC1)C(O)OCc1ccccc1. The molecular formula is C28H37NO3. The van der Waals surface area contributed by atoms with Crippen LogP contribution in [0.25, 0.3) is 0 Å². The number of benzene rings is 2. The van der Waals surface area contributed by atoms with Crippen molar-refractivity contribution in [3.63, 3.8) is 0 Å². The summed E-state index contributed by atoms with van der Waals surface area (Å²) in [5.74, 6) is 0. The van der Waals surface area contributed by atoms with E-state index in [2.05, 4.69) is 53.5 Å². The number of aliphatic hydroxyl groups excluding tert-OH is 1. The van der Waals surface area contributed by atoms with Crippen LogP contribution in [0.1, 0.15) is 43.2 Å². The van der Waals surface area contributed by atoms with Gasteiger partial charge < -0.3 is 14.6 Å². The first-order valence-electron chi connectivity index (χ1n) is 11.7. The summed E-state index contributed by atoms with van der Waals surface area (Å²) in [7, 11) is 1.74. The molecule has 0 aromatic heterocycles. The summed E-state index contributed by atoms with van der Waals surface area (Å²) in [6.07, 6.45) is 11.5. The van der Waals surface area contributed by atoms with E-state index in [4.69, 9.17) is 9.47 Å². The maximum Gasteiger partial charge on any atom is 0.216 e. The number of allylic oxidation sites excluding steroid dienone is 3. The summed E-state index contributed by atoms with van der Waals surface area (Å²) >= 11 is 0. The number of hydrogen-bond acceptors (Lipinski definition) is 4. The highest BCUT2D eigenvalue weighted by atomic mass is 16.6. The molecule has 0 amide bonds. The smallest absolute Gasteiger partial charge is 0.216 e. The number of nitrogens with zero attached hydrogens (tertiary/aromatic N) is 1. The Labute approximate surface area is 193 Å². The van der Waals surface area contributed by atoms with E-state index in [1.165, 1.54) is 11.1 Å². The minimum atomic E-state index is -0.958. The van der Waals surface area contributed by atoms with Crippen molar-refractivity contribution in [2.24, 2.45) is 0 Å². The zero-order valence-corrected chi connectivity index (χ0v) is 19.2. The average molecular weight is 436 g/mol. The van der Waals surface area contributed by atoms with Gasteiger partial charge >= 0.3 is 0 Å². The molecule has 4 nitrogen and oxygen atoms in total. The van der Waals surface area contributed by atoms with Crippen LogP contribution in [0.2, 0.25) is 0 Å². The minimum absolute atomic E-state index is 0.177. The summed E-state index contributed by atoms with van der Waals surface area (Å²) < 4.78 is 11.4. The molecule has 0 bridgehead atoms. The number of aryl methyl sites for hydroxylation is 1. The third-order valence-corrected chi connectivity index (χ3v) is 5.98. The Morgan fingerprint density at radius 3 is 2.34 bits per heavy atom. The molecule has 1 N–H and O–H groups in total. The molecule has 1 aliphatic carbocycles. The Morgan fingerprint density at radius 2 is 1.69 bits per heavy atom. The van der Waals surface area contributed by atoms with E-state index < -0.39 is 6.41 Å². The largest absolute Gasteiger partial charge is 0.385 e. The van der Waals surface area contributed by atoms with E-state index >= 15 is 0 Å². The first-order valence-corrected chi connectivity index (χ1v) is 11.7. The maximum absolute atomic E-state index is 11.1. The van der Waals surface area contributed by atoms with Crippen LogP contribution >= 0.6 is 0 Å². The number of hydrogen-bond donors (Lipinski definition) is 1. The second-order valence-corrected chi connectivity index (χ2v) is 8.40. The molecule has 0 saturated heterocycles. The van der Waals surface area contributed by atoms with Gasteiger partial charge in [0.25, 0.3) is 0 Å². The van der Waals surface area contributed by atoms with Gasteiger partial charge in [-0.15, -0.1) is 0 Å². The second-order valence-electron chi connectivity index (χ2n) is 8.40. The van der Waals surface area contributed by atoms with Gasteiger partial charge in [-0.1, -0.05) is 84.5 Å². The van der Waals surface area contributed by atoms with Gasteiger partial charge in [0.15, 0.2) is 0 Å². The van der Waals surface area contributed by atoms with Crippen molar-refractivity contribution >= 4 is 0 Å². The van der Waals surface area contributed by atoms with Crippen molar-refractivity contribution < 1.29 is 14.6 Å². The third-order valence-electron chi connectivity index (χ3n) is 5.98. The van der Waals surface area contributed by atoms with Gasteiger partial charge in [0.1, 0.15) is 0 Å². The molecule has 0 saturated carbocycles. The van der Waals surface area contributed by atoms with Crippen LogP contribution in [0.3, 0.4) is 0 Å². The van der Waals surface area contributed by atoms with Crippen molar-refractivity contribution in [1.29, 1.82) is 0 Å². The maximum atomic E-state index is 11.1. The van der Waals surface area contributed by atoms with Gasteiger partial charge in [0, 0.05) is 26.3 Å². The lowest BCUT2D eigenvalue weighted by atomic mass is 9.99. The van der Waals surface area contributed by atoms with Crippen molar-refractivity contribution in [3.8, 4) is 0 Å². The van der Waals surface area contributed by atoms with Crippen LogP contribution in [0.5, 0.6) is 0 Å². The van der Waals surface area contributed by atoms with Gasteiger partial charge in [0.2, 0.25) is 6.41 Å². The molecule has 0 heterocycles. The van der Waals surface area contributed by atoms with Crippen LogP contribution in [0.15, 0.2) is 84.5 Å². The normalized spacial score (nSPS) is 15.5. The van der Waals surface area contributed by atoms with Crippen LogP contribution in [0, 0.1) is 0 Å². The van der Waals surface area contributed by atoms with Crippen molar-refractivity contribution in [2.45, 2.75) is 57.6 Å². The standard InChI is InChI=1S/C28H37NO3/c1-31-21-20-27(19-11-18-24-12-5-2-6-13-24)29(22-25-14-7-3-8-15-25)28(30)32-23-26-16-9-4-10-17-26/h2-7,9-10,12-14,16-17,27-28,30H,8,11,15,18-23H2,1H3. The van der Waals surface area contributed by atoms with Crippen molar-refractivity contribution in [3.05, 3.63) is 95.6 Å². The summed E-state index contributed by atoms with van der Waals surface area (Å²) in [5, 5.41) is 11.1. The van der Waals surface area contributed by atoms with Gasteiger partial charge in [-0.3, -0.25) is 0 Å². The van der Waals surface area contributed by atoms with E-state index in [0.717, 1.165) is 44.1 Å². The summed E-state index contributed by atoms with van der Waals surface area (Å²) in [4.78, 5) is 2.12. The Bertz CT molecular complexity index is 819. The van der Waals surface area contributed by atoms with E-state index in [1.54, 1.807) is 7.11 Å². The molecule has 2 aromatic rings. The fourth-order valence-electron chi connectivity index (χ4n) is 4.16. The quantitative estimate of drug-likeness (QED) is 0.399. The Hall–Kier alpha value is -2.24. The van der Waals surface area contributed by atoms with Crippen molar-refractivity contribution in [2.75, 3.05) is 20.3 Å². The topological polar surface area (TPSA) is 41.9 Å². The number of ether oxygens (including phenoxy) is 2. The number of methoxy groups -OCH3 is 1. The lowest BCUT2D eigenvalue weighted by Gasteiger charge is -2.36. The molecule has 0 radical (unpaired) electrons. The number of rotatable bonds is 14. The highest BCUT2D eigenvalue weighted by Gasteiger charge is 2.26. The van der Waals surface area contributed by atoms with E-state index in [0.29, 0.717) is 19.8 Å². The van der Waals surface area contributed by atoms with Crippen LogP contribution < -0.4 is 0 Å². The second kappa shape index (κ2) is 14.0. The summed E-state index contributed by atoms with van der Waals surface area (Å²) in [6.45, 7) is 1.76. The van der Waals surface area contributed by atoms with Crippen LogP contribution in [-0.4, -0.2) is 42.7 Å². The molecule has 1 aliphatic rings. The van der Waals surface area contributed by atoms with E-state index in [1.807, 2.05) is 30.3 Å². The molecular weight excluding hydrogens is 398 g/mol. The molecule has 3 rings (SSSR count). The summed E-state index contributed by atoms with van der Waals surface area (Å²) in [6, 6.07) is 20.8. The minimum Gasteiger partial charge on any atom is -0.385 e. The Morgan fingerprint density at radius 1 is 0.969 bits per heavy atom. The Kier molecular flexibility index (Phi) is 10.7. The molecule has 32 heavy (non-hydrogen) atoms. The predicted octanol–water partition coefficient (Wildman–Crippen LogP) is 5.49. The van der Waals surface area contributed by atoms with Gasteiger partial charge in [0.05, 0.1) is 6.61 Å². The average Bonchev–Trinajstić information content (AvgIpc) is 2.85. The third kappa shape index (κ3) is 8.36.